The molecule has 0 heterocycles. The average Bonchev–Trinajstić information content (AvgIpc) is 1.65. The van der Waals surface area contributed by atoms with E-state index in [1.54, 1.807) is 0 Å². The molecule has 0 amide bonds. The number of rotatable bonds is 2. The summed E-state index contributed by atoms with van der Waals surface area (Å²) in [5.41, 5.74) is 4.94. The van der Waals surface area contributed by atoms with Crippen LogP contribution < -0.4 is 5.73 Å². The molecule has 0 aromatic carbocycles. The van der Waals surface area contributed by atoms with Gasteiger partial charge in [-0.2, -0.15) is 12.6 Å². The van der Waals surface area contributed by atoms with Crippen molar-refractivity contribution >= 4 is 41.7 Å². The first-order chi connectivity index (χ1) is 3.18. The van der Waals surface area contributed by atoms with Crippen LogP contribution in [0.2, 0.25) is 0 Å². The van der Waals surface area contributed by atoms with Crippen molar-refractivity contribution in [3.63, 3.8) is 0 Å². The van der Waals surface area contributed by atoms with Gasteiger partial charge in [0.2, 0.25) is 0 Å². The zero-order chi connectivity index (χ0) is 5.86. The molecule has 0 aromatic heterocycles. The Morgan fingerprint density at radius 2 is 2.38 bits per heavy atom. The van der Waals surface area contributed by atoms with E-state index in [1.165, 1.54) is 0 Å². The van der Waals surface area contributed by atoms with Crippen molar-refractivity contribution in [2.24, 2.45) is 5.73 Å². The molecule has 0 aliphatic heterocycles. The molecular weight excluding hydrogens is 138 g/mol. The maximum atomic E-state index is 9.76. The molecule has 0 spiro atoms. The van der Waals surface area contributed by atoms with Crippen LogP contribution in [0.25, 0.3) is 0 Å². The topological polar surface area (TPSA) is 63.3 Å². The molecule has 0 unspecified atom stereocenters. The van der Waals surface area contributed by atoms with Crippen LogP contribution in [-0.2, 0) is 4.79 Å². The van der Waals surface area contributed by atoms with E-state index in [0.717, 1.165) is 0 Å². The van der Waals surface area contributed by atoms with Gasteiger partial charge in [-0.05, 0) is 0 Å². The second-order valence-corrected chi connectivity index (χ2v) is 1.49. The monoisotopic (exact) mass is 147 g/mol. The molecular formula is C3H9MgNO2S. The summed E-state index contributed by atoms with van der Waals surface area (Å²) < 4.78 is 0. The molecule has 0 aliphatic carbocycles. The van der Waals surface area contributed by atoms with Crippen molar-refractivity contribution in [3.8, 4) is 0 Å². The van der Waals surface area contributed by atoms with Crippen molar-refractivity contribution in [2.75, 3.05) is 5.75 Å². The van der Waals surface area contributed by atoms with Crippen molar-refractivity contribution in [1.82, 2.24) is 0 Å². The second-order valence-electron chi connectivity index (χ2n) is 1.13. The molecule has 1 atom stereocenters. The molecule has 0 saturated heterocycles. The normalized spacial score (nSPS) is 11.8. The Bertz CT molecular complexity index is 86.9. The number of thiol groups is 1. The molecule has 0 fully saturated rings. The Balaban J connectivity index is -0.0000000600. The van der Waals surface area contributed by atoms with Gasteiger partial charge in [-0.15, -0.1) is 0 Å². The third-order valence-corrected chi connectivity index (χ3v) is 0.907. The molecule has 8 heavy (non-hydrogen) atoms. The van der Waals surface area contributed by atoms with Crippen LogP contribution in [0.15, 0.2) is 0 Å². The molecule has 5 heteroatoms. The summed E-state index contributed by atoms with van der Waals surface area (Å²) in [6.07, 6.45) is 0. The summed E-state index contributed by atoms with van der Waals surface area (Å²) in [6.45, 7) is 0. The van der Waals surface area contributed by atoms with Gasteiger partial charge >= 0.3 is 29.0 Å². The minimum atomic E-state index is -1.00. The number of carboxylic acid groups (broad SMARTS) is 1. The van der Waals surface area contributed by atoms with E-state index in [9.17, 15) is 4.79 Å². The minimum Gasteiger partial charge on any atom is -1.00 e. The Morgan fingerprint density at radius 1 is 2.00 bits per heavy atom. The summed E-state index contributed by atoms with van der Waals surface area (Å²) in [7, 11) is 0. The van der Waals surface area contributed by atoms with Crippen LogP contribution in [0.4, 0.5) is 0 Å². The summed E-state index contributed by atoms with van der Waals surface area (Å²) >= 11 is 3.65. The largest absolute Gasteiger partial charge is 2.00 e. The van der Waals surface area contributed by atoms with Crippen LogP contribution >= 0.6 is 12.6 Å². The smallest absolute Gasteiger partial charge is 1.00 e. The van der Waals surface area contributed by atoms with Gasteiger partial charge in [0.1, 0.15) is 6.04 Å². The number of nitrogens with two attached hydrogens (primary N) is 1. The number of hydrogen-bond acceptors (Lipinski definition) is 3. The maximum absolute atomic E-state index is 9.76. The predicted octanol–water partition coefficient (Wildman–Crippen LogP) is -0.828. The first kappa shape index (κ1) is 11.4. The summed E-state index contributed by atoms with van der Waals surface area (Å²) in [4.78, 5) is 9.76. The van der Waals surface area contributed by atoms with Crippen LogP contribution in [0.1, 0.15) is 2.85 Å². The number of aliphatic carboxylic acids is 1. The first-order valence-electron chi connectivity index (χ1n) is 1.77. The van der Waals surface area contributed by atoms with Gasteiger partial charge in [-0.25, -0.2) is 0 Å². The molecule has 0 rings (SSSR count). The fraction of sp³-hybridized carbons (Fsp3) is 0.667. The fourth-order valence-corrected chi connectivity index (χ4v) is 0.234. The molecule has 0 radical (unpaired) electrons. The van der Waals surface area contributed by atoms with Crippen molar-refractivity contribution in [1.29, 1.82) is 0 Å². The molecule has 3 nitrogen and oxygen atoms in total. The minimum absolute atomic E-state index is 0. The van der Waals surface area contributed by atoms with Crippen LogP contribution in [0, 0.1) is 0 Å². The fourth-order valence-electron chi connectivity index (χ4n) is 0.0781. The van der Waals surface area contributed by atoms with E-state index in [2.05, 4.69) is 12.6 Å². The first-order valence-corrected chi connectivity index (χ1v) is 2.41. The molecule has 0 saturated carbocycles. The Hall–Kier alpha value is 0.546. The van der Waals surface area contributed by atoms with Gasteiger partial charge in [0.05, 0.1) is 0 Å². The SMILES string of the molecule is N[C@@H](CS)C(=O)O.[H-].[H-].[Mg+2]. The summed E-state index contributed by atoms with van der Waals surface area (Å²) in [5.74, 6) is -0.815. The second kappa shape index (κ2) is 5.68. The Morgan fingerprint density at radius 3 is 2.38 bits per heavy atom. The zero-order valence-electron chi connectivity index (χ0n) is 6.37. The third kappa shape index (κ3) is 4.70. The molecule has 0 aliphatic rings. The zero-order valence-corrected chi connectivity index (χ0v) is 6.68. The van der Waals surface area contributed by atoms with Crippen LogP contribution in [0.5, 0.6) is 0 Å². The number of hydrogen-bond donors (Lipinski definition) is 3. The van der Waals surface area contributed by atoms with E-state index >= 15 is 0 Å². The Labute approximate surface area is 72.2 Å². The van der Waals surface area contributed by atoms with Crippen molar-refractivity contribution in [3.05, 3.63) is 0 Å². The van der Waals surface area contributed by atoms with Gasteiger partial charge in [0, 0.05) is 5.75 Å². The van der Waals surface area contributed by atoms with E-state index in [4.69, 9.17) is 10.8 Å². The van der Waals surface area contributed by atoms with Gasteiger partial charge < -0.3 is 13.7 Å². The van der Waals surface area contributed by atoms with Crippen LogP contribution in [-0.4, -0.2) is 45.9 Å². The standard InChI is InChI=1S/C3H7NO2S.Mg.2H/c4-2(1-7)3(5)6;;;/h2,7H,1,4H2,(H,5,6);;;/q;+2;2*-1/t2-;;;/m0.../s1. The van der Waals surface area contributed by atoms with Gasteiger partial charge in [-0.3, -0.25) is 4.79 Å². The summed E-state index contributed by atoms with van der Waals surface area (Å²) in [6, 6.07) is -0.816. The van der Waals surface area contributed by atoms with E-state index in [-0.39, 0.29) is 31.7 Å². The Kier molecular flexibility index (Phi) is 8.06. The molecule has 46 valence electrons. The van der Waals surface area contributed by atoms with Gasteiger partial charge in [0.15, 0.2) is 0 Å². The van der Waals surface area contributed by atoms with E-state index in [1.807, 2.05) is 0 Å². The van der Waals surface area contributed by atoms with Crippen molar-refractivity contribution < 1.29 is 12.8 Å². The van der Waals surface area contributed by atoms with Gasteiger partial charge in [0.25, 0.3) is 0 Å². The van der Waals surface area contributed by atoms with Crippen molar-refractivity contribution in [2.45, 2.75) is 6.04 Å². The summed E-state index contributed by atoms with van der Waals surface area (Å²) in [5, 5.41) is 8.01. The average molecular weight is 147 g/mol. The predicted molar refractivity (Wildman–Crippen MR) is 37.4 cm³/mol. The molecule has 0 aromatic rings. The van der Waals surface area contributed by atoms with E-state index in [0.29, 0.717) is 0 Å². The third-order valence-electron chi connectivity index (χ3n) is 0.514. The number of carboxylic acids is 1. The quantitative estimate of drug-likeness (QED) is 0.353. The molecule has 0 bridgehead atoms. The van der Waals surface area contributed by atoms with Crippen LogP contribution in [0.3, 0.4) is 0 Å². The van der Waals surface area contributed by atoms with Gasteiger partial charge in [-0.1, -0.05) is 0 Å². The maximum Gasteiger partial charge on any atom is 2.00 e. The molecule has 3 N–H and O–H groups in total. The van der Waals surface area contributed by atoms with E-state index < -0.39 is 12.0 Å². The number of carbonyl (C=O) groups is 1.